The van der Waals surface area contributed by atoms with Crippen molar-refractivity contribution in [2.75, 3.05) is 0 Å². The molecule has 0 aromatic heterocycles. The third-order valence-electron chi connectivity index (χ3n) is 2.99. The van der Waals surface area contributed by atoms with E-state index >= 15 is 0 Å². The molecule has 0 spiro atoms. The Labute approximate surface area is 134 Å². The molecule has 0 aliphatic carbocycles. The molecule has 0 fully saturated rings. The van der Waals surface area contributed by atoms with E-state index in [1.807, 2.05) is 18.2 Å². The lowest BCUT2D eigenvalue weighted by Crippen LogP contribution is -2.30. The molecule has 0 amide bonds. The summed E-state index contributed by atoms with van der Waals surface area (Å²) in [6.45, 7) is 0. The first-order chi connectivity index (χ1) is 10.9. The maximum absolute atomic E-state index is 12.8. The average Bonchev–Trinajstić information content (AvgIpc) is 2.52. The molecule has 1 atom stereocenters. The summed E-state index contributed by atoms with van der Waals surface area (Å²) in [5, 5.41) is 0. The van der Waals surface area contributed by atoms with Gasteiger partial charge in [-0.1, -0.05) is 52.4 Å². The summed E-state index contributed by atoms with van der Waals surface area (Å²) in [6, 6.07) is 17.1. The first-order valence-electron chi connectivity index (χ1n) is 6.87. The Morgan fingerprint density at radius 3 is 2.13 bits per heavy atom. The molecule has 0 bridgehead atoms. The SMILES string of the molecule is O=C(Oc1ccccc1)[C@@H](CCc1ccccc1)OS(=O)(=O)F. The second-order valence-corrected chi connectivity index (χ2v) is 5.72. The minimum atomic E-state index is -5.27. The Bertz CT molecular complexity index is 732. The fraction of sp³-hybridized carbons (Fsp3) is 0.188. The van der Waals surface area contributed by atoms with Gasteiger partial charge in [0.05, 0.1) is 0 Å². The van der Waals surface area contributed by atoms with Crippen molar-refractivity contribution in [1.29, 1.82) is 0 Å². The van der Waals surface area contributed by atoms with Gasteiger partial charge in [-0.25, -0.2) is 8.98 Å². The number of rotatable bonds is 7. The van der Waals surface area contributed by atoms with Crippen molar-refractivity contribution in [2.45, 2.75) is 18.9 Å². The van der Waals surface area contributed by atoms with Crippen molar-refractivity contribution in [1.82, 2.24) is 0 Å². The monoisotopic (exact) mass is 338 g/mol. The van der Waals surface area contributed by atoms with Crippen molar-refractivity contribution in [3.8, 4) is 5.75 Å². The summed E-state index contributed by atoms with van der Waals surface area (Å²) >= 11 is 0. The van der Waals surface area contributed by atoms with Crippen molar-refractivity contribution >= 4 is 16.5 Å². The summed E-state index contributed by atoms with van der Waals surface area (Å²) < 4.78 is 43.5. The highest BCUT2D eigenvalue weighted by atomic mass is 32.3. The standard InChI is InChI=1S/C16H15FO5S/c17-23(19,20)22-15(12-11-13-7-3-1-4-8-13)16(18)21-14-9-5-2-6-10-14/h1-10,15H,11-12H2/t15-/m1/s1. The van der Waals surface area contributed by atoms with E-state index < -0.39 is 22.6 Å². The van der Waals surface area contributed by atoms with Crippen LogP contribution in [-0.4, -0.2) is 20.5 Å². The largest absolute Gasteiger partial charge is 0.438 e. The van der Waals surface area contributed by atoms with Gasteiger partial charge in [0.15, 0.2) is 6.10 Å². The van der Waals surface area contributed by atoms with Crippen molar-refractivity contribution in [2.24, 2.45) is 0 Å². The number of halogens is 1. The second-order valence-electron chi connectivity index (χ2n) is 4.74. The molecule has 5 nitrogen and oxygen atoms in total. The molecule has 122 valence electrons. The zero-order valence-corrected chi connectivity index (χ0v) is 12.9. The van der Waals surface area contributed by atoms with Crippen LogP contribution >= 0.6 is 0 Å². The Morgan fingerprint density at radius 2 is 1.57 bits per heavy atom. The molecule has 23 heavy (non-hydrogen) atoms. The van der Waals surface area contributed by atoms with Crippen LogP contribution in [0.25, 0.3) is 0 Å². The fourth-order valence-electron chi connectivity index (χ4n) is 1.96. The minimum absolute atomic E-state index is 0.0289. The Balaban J connectivity index is 2.05. The smallest absolute Gasteiger partial charge is 0.425 e. The van der Waals surface area contributed by atoms with Crippen LogP contribution in [0.5, 0.6) is 5.75 Å². The van der Waals surface area contributed by atoms with Crippen LogP contribution in [-0.2, 0) is 25.9 Å². The number of carbonyl (C=O) groups excluding carboxylic acids is 1. The lowest BCUT2D eigenvalue weighted by Gasteiger charge is -2.14. The summed E-state index contributed by atoms with van der Waals surface area (Å²) in [5.74, 6) is -0.740. The molecule has 7 heteroatoms. The third-order valence-corrected chi connectivity index (χ3v) is 3.46. The van der Waals surface area contributed by atoms with Gasteiger partial charge in [0.25, 0.3) is 0 Å². The van der Waals surface area contributed by atoms with Gasteiger partial charge in [-0.15, -0.1) is 0 Å². The average molecular weight is 338 g/mol. The van der Waals surface area contributed by atoms with E-state index in [4.69, 9.17) is 4.74 Å². The predicted octanol–water partition coefficient (Wildman–Crippen LogP) is 2.82. The highest BCUT2D eigenvalue weighted by Gasteiger charge is 2.27. The lowest BCUT2D eigenvalue weighted by molar-refractivity contribution is -0.142. The molecule has 2 aromatic rings. The van der Waals surface area contributed by atoms with Gasteiger partial charge >= 0.3 is 16.5 Å². The van der Waals surface area contributed by atoms with Gasteiger partial charge in [0.2, 0.25) is 0 Å². The Morgan fingerprint density at radius 1 is 1.00 bits per heavy atom. The van der Waals surface area contributed by atoms with E-state index in [0.717, 1.165) is 5.56 Å². The van der Waals surface area contributed by atoms with Crippen LogP contribution in [0.3, 0.4) is 0 Å². The van der Waals surface area contributed by atoms with Crippen molar-refractivity contribution in [3.63, 3.8) is 0 Å². The van der Waals surface area contributed by atoms with Gasteiger partial charge in [0, 0.05) is 0 Å². The molecular weight excluding hydrogens is 323 g/mol. The molecule has 0 aliphatic rings. The van der Waals surface area contributed by atoms with Gasteiger partial charge in [-0.2, -0.15) is 8.42 Å². The normalized spacial score (nSPS) is 12.6. The summed E-state index contributed by atoms with van der Waals surface area (Å²) in [5.41, 5.74) is 0.866. The highest BCUT2D eigenvalue weighted by Crippen LogP contribution is 2.15. The number of para-hydroxylation sites is 1. The van der Waals surface area contributed by atoms with Gasteiger partial charge in [0.1, 0.15) is 5.75 Å². The number of benzene rings is 2. The molecule has 0 saturated heterocycles. The minimum Gasteiger partial charge on any atom is -0.425 e. The molecule has 0 N–H and O–H groups in total. The van der Waals surface area contributed by atoms with Crippen LogP contribution in [0.1, 0.15) is 12.0 Å². The third kappa shape index (κ3) is 6.17. The molecule has 0 aliphatic heterocycles. The molecule has 0 saturated carbocycles. The first kappa shape index (κ1) is 17.1. The summed E-state index contributed by atoms with van der Waals surface area (Å²) in [6.07, 6.45) is -1.24. The van der Waals surface area contributed by atoms with E-state index in [9.17, 15) is 17.1 Å². The number of hydrogen-bond donors (Lipinski definition) is 0. The van der Waals surface area contributed by atoms with E-state index in [1.54, 1.807) is 30.3 Å². The van der Waals surface area contributed by atoms with E-state index in [1.165, 1.54) is 12.1 Å². The topological polar surface area (TPSA) is 69.7 Å². The summed E-state index contributed by atoms with van der Waals surface area (Å²) in [7, 11) is -5.27. The highest BCUT2D eigenvalue weighted by molar-refractivity contribution is 7.81. The van der Waals surface area contributed by atoms with Gasteiger partial charge in [-0.05, 0) is 30.5 Å². The molecular formula is C16H15FO5S. The molecule has 0 heterocycles. The second kappa shape index (κ2) is 7.85. The Hall–Kier alpha value is -2.25. The maximum atomic E-state index is 12.8. The van der Waals surface area contributed by atoms with Crippen molar-refractivity contribution in [3.05, 3.63) is 66.2 Å². The number of esters is 1. The zero-order valence-electron chi connectivity index (χ0n) is 12.1. The molecule has 2 aromatic carbocycles. The molecule has 2 rings (SSSR count). The lowest BCUT2D eigenvalue weighted by atomic mass is 10.1. The first-order valence-corrected chi connectivity index (χ1v) is 8.18. The van der Waals surface area contributed by atoms with Crippen LogP contribution in [0, 0.1) is 0 Å². The fourth-order valence-corrected chi connectivity index (χ4v) is 2.41. The number of hydrogen-bond acceptors (Lipinski definition) is 5. The number of aryl methyl sites for hydroxylation is 1. The van der Waals surface area contributed by atoms with Crippen LogP contribution in [0.2, 0.25) is 0 Å². The zero-order chi connectivity index (χ0) is 16.7. The molecule has 0 unspecified atom stereocenters. The van der Waals surface area contributed by atoms with Crippen molar-refractivity contribution < 1.29 is 26.0 Å². The predicted molar refractivity (Wildman–Crippen MR) is 81.7 cm³/mol. The van der Waals surface area contributed by atoms with Crippen LogP contribution < -0.4 is 4.74 Å². The molecule has 0 radical (unpaired) electrons. The maximum Gasteiger partial charge on any atom is 0.438 e. The van der Waals surface area contributed by atoms with E-state index in [2.05, 4.69) is 4.18 Å². The van der Waals surface area contributed by atoms with E-state index in [-0.39, 0.29) is 12.2 Å². The number of ether oxygens (including phenoxy) is 1. The van der Waals surface area contributed by atoms with Gasteiger partial charge < -0.3 is 4.74 Å². The number of carbonyl (C=O) groups is 1. The summed E-state index contributed by atoms with van der Waals surface area (Å²) in [4.78, 5) is 12.0. The Kier molecular flexibility index (Phi) is 5.84. The van der Waals surface area contributed by atoms with E-state index in [0.29, 0.717) is 6.42 Å². The van der Waals surface area contributed by atoms with Crippen LogP contribution in [0.4, 0.5) is 3.89 Å². The van der Waals surface area contributed by atoms with Gasteiger partial charge in [-0.3, -0.25) is 0 Å². The quantitative estimate of drug-likeness (QED) is 0.441. The van der Waals surface area contributed by atoms with Crippen LogP contribution in [0.15, 0.2) is 60.7 Å².